The molecule has 3 rings (SSSR count). The van der Waals surface area contributed by atoms with E-state index >= 15 is 0 Å². The minimum atomic E-state index is -3.04. The van der Waals surface area contributed by atoms with Crippen molar-refractivity contribution < 1.29 is 18.0 Å². The molecule has 3 aliphatic heterocycles. The molecule has 2 amide bonds. The van der Waals surface area contributed by atoms with E-state index < -0.39 is 15.9 Å². The number of amides is 2. The fourth-order valence-corrected chi connectivity index (χ4v) is 7.08. The molecule has 3 fully saturated rings. The minimum Gasteiger partial charge on any atom is -0.337 e. The van der Waals surface area contributed by atoms with Crippen LogP contribution in [0.4, 0.5) is 0 Å². The van der Waals surface area contributed by atoms with Gasteiger partial charge >= 0.3 is 0 Å². The predicted molar refractivity (Wildman–Crippen MR) is 89.8 cm³/mol. The lowest BCUT2D eigenvalue weighted by atomic mass is 10.1. The van der Waals surface area contributed by atoms with Crippen LogP contribution in [0.1, 0.15) is 39.5 Å². The zero-order chi connectivity index (χ0) is 16.8. The summed E-state index contributed by atoms with van der Waals surface area (Å²) in [5, 5.41) is 0. The maximum atomic E-state index is 13.1. The van der Waals surface area contributed by atoms with Gasteiger partial charge in [0.25, 0.3) is 0 Å². The summed E-state index contributed by atoms with van der Waals surface area (Å²) in [5.41, 5.74) is 0. The Bertz CT molecular complexity index is 621. The Kier molecular flexibility index (Phi) is 4.42. The summed E-state index contributed by atoms with van der Waals surface area (Å²) in [4.78, 5) is 28.5. The molecule has 0 aromatic rings. The van der Waals surface area contributed by atoms with Crippen molar-refractivity contribution in [3.63, 3.8) is 0 Å². The Morgan fingerprint density at radius 3 is 2.83 bits per heavy atom. The Hall–Kier alpha value is -0.760. The third kappa shape index (κ3) is 2.99. The van der Waals surface area contributed by atoms with Gasteiger partial charge in [0.05, 0.1) is 16.4 Å². The molecule has 3 unspecified atom stereocenters. The van der Waals surface area contributed by atoms with E-state index in [9.17, 15) is 18.0 Å². The van der Waals surface area contributed by atoms with E-state index in [1.165, 1.54) is 0 Å². The van der Waals surface area contributed by atoms with Crippen molar-refractivity contribution in [2.24, 2.45) is 0 Å². The van der Waals surface area contributed by atoms with Crippen molar-refractivity contribution in [1.82, 2.24) is 9.80 Å². The number of nitrogens with zero attached hydrogens (tertiary/aromatic N) is 2. The van der Waals surface area contributed by atoms with Crippen LogP contribution in [0.15, 0.2) is 0 Å². The molecular weight excluding hydrogens is 336 g/mol. The molecule has 0 saturated carbocycles. The number of sulfone groups is 1. The average Bonchev–Trinajstić information content (AvgIpc) is 3.10. The normalized spacial score (nSPS) is 35.6. The molecule has 0 aromatic carbocycles. The Morgan fingerprint density at radius 1 is 1.48 bits per heavy atom. The Balaban J connectivity index is 1.80. The van der Waals surface area contributed by atoms with Gasteiger partial charge in [-0.15, -0.1) is 11.8 Å². The zero-order valence-electron chi connectivity index (χ0n) is 13.7. The van der Waals surface area contributed by atoms with Crippen molar-refractivity contribution >= 4 is 33.4 Å². The van der Waals surface area contributed by atoms with Crippen LogP contribution in [0, 0.1) is 0 Å². The van der Waals surface area contributed by atoms with Crippen molar-refractivity contribution in [1.29, 1.82) is 0 Å². The van der Waals surface area contributed by atoms with Gasteiger partial charge in [0.1, 0.15) is 6.04 Å². The molecule has 23 heavy (non-hydrogen) atoms. The number of carbonyl (C=O) groups is 2. The molecule has 130 valence electrons. The first kappa shape index (κ1) is 17.1. The standard InChI is InChI=1S/C15H24N2O4S2/c1-3-7-16(11-5-8-23(20,21)10-11)14(19)12-9-22-15(2)6-4-13(18)17(12)15/h11-12H,3-10H2,1-2H3. The van der Waals surface area contributed by atoms with Gasteiger partial charge in [-0.25, -0.2) is 8.42 Å². The van der Waals surface area contributed by atoms with Gasteiger partial charge in [-0.3, -0.25) is 9.59 Å². The highest BCUT2D eigenvalue weighted by Crippen LogP contribution is 2.47. The first-order valence-electron chi connectivity index (χ1n) is 8.24. The summed E-state index contributed by atoms with van der Waals surface area (Å²) in [6.45, 7) is 4.57. The van der Waals surface area contributed by atoms with Gasteiger partial charge in [0.15, 0.2) is 9.84 Å². The highest BCUT2D eigenvalue weighted by Gasteiger charge is 2.54. The van der Waals surface area contributed by atoms with Crippen LogP contribution in [-0.2, 0) is 19.4 Å². The van der Waals surface area contributed by atoms with Gasteiger partial charge in [-0.1, -0.05) is 6.92 Å². The molecule has 8 heteroatoms. The molecule has 0 N–H and O–H groups in total. The predicted octanol–water partition coefficient (Wildman–Crippen LogP) is 0.866. The molecule has 3 aliphatic rings. The second-order valence-corrected chi connectivity index (χ2v) is 10.6. The van der Waals surface area contributed by atoms with Crippen LogP contribution < -0.4 is 0 Å². The maximum absolute atomic E-state index is 13.1. The average molecular weight is 361 g/mol. The maximum Gasteiger partial charge on any atom is 0.246 e. The van der Waals surface area contributed by atoms with Gasteiger partial charge in [-0.05, 0) is 26.2 Å². The van der Waals surface area contributed by atoms with Crippen LogP contribution >= 0.6 is 11.8 Å². The summed E-state index contributed by atoms with van der Waals surface area (Å²) in [6, 6.07) is -0.670. The van der Waals surface area contributed by atoms with E-state index in [4.69, 9.17) is 0 Å². The van der Waals surface area contributed by atoms with E-state index in [0.717, 1.165) is 12.8 Å². The van der Waals surface area contributed by atoms with Crippen molar-refractivity contribution in [2.75, 3.05) is 23.8 Å². The minimum absolute atomic E-state index is 0.0475. The molecule has 3 heterocycles. The lowest BCUT2D eigenvalue weighted by Gasteiger charge is -2.35. The number of thioether (sulfide) groups is 1. The molecule has 0 bridgehead atoms. The second-order valence-electron chi connectivity index (χ2n) is 6.85. The van der Waals surface area contributed by atoms with Crippen LogP contribution in [-0.4, -0.2) is 70.8 Å². The summed E-state index contributed by atoms with van der Waals surface area (Å²) in [6.07, 6.45) is 2.58. The molecule has 3 saturated heterocycles. The monoisotopic (exact) mass is 360 g/mol. The first-order valence-corrected chi connectivity index (χ1v) is 11.0. The quantitative estimate of drug-likeness (QED) is 0.743. The number of fused-ring (bicyclic) bond motifs is 1. The fraction of sp³-hybridized carbons (Fsp3) is 0.867. The van der Waals surface area contributed by atoms with Crippen LogP contribution in [0.5, 0.6) is 0 Å². The molecule has 0 spiro atoms. The molecule has 6 nitrogen and oxygen atoms in total. The van der Waals surface area contributed by atoms with Crippen LogP contribution in [0.25, 0.3) is 0 Å². The number of carbonyl (C=O) groups excluding carboxylic acids is 2. The topological polar surface area (TPSA) is 74.8 Å². The Morgan fingerprint density at radius 2 is 2.22 bits per heavy atom. The van der Waals surface area contributed by atoms with Crippen LogP contribution in [0.2, 0.25) is 0 Å². The first-order chi connectivity index (χ1) is 10.8. The van der Waals surface area contributed by atoms with Gasteiger partial charge < -0.3 is 9.80 Å². The molecule has 3 atom stereocenters. The fourth-order valence-electron chi connectivity index (χ4n) is 3.93. The molecule has 0 aromatic heterocycles. The van der Waals surface area contributed by atoms with Crippen molar-refractivity contribution in [3.05, 3.63) is 0 Å². The van der Waals surface area contributed by atoms with Gasteiger partial charge in [0.2, 0.25) is 11.8 Å². The summed E-state index contributed by atoms with van der Waals surface area (Å²) in [7, 11) is -3.04. The van der Waals surface area contributed by atoms with Crippen LogP contribution in [0.3, 0.4) is 0 Å². The van der Waals surface area contributed by atoms with Gasteiger partial charge in [0, 0.05) is 24.8 Å². The summed E-state index contributed by atoms with van der Waals surface area (Å²) < 4.78 is 23.5. The van der Waals surface area contributed by atoms with Crippen molar-refractivity contribution in [2.45, 2.75) is 56.5 Å². The van der Waals surface area contributed by atoms with E-state index in [2.05, 4.69) is 0 Å². The SMILES string of the molecule is CCCN(C(=O)C1CSC2(C)CCC(=O)N12)C1CCS(=O)(=O)C1. The molecule has 0 aliphatic carbocycles. The lowest BCUT2D eigenvalue weighted by Crippen LogP contribution is -2.54. The summed E-state index contributed by atoms with van der Waals surface area (Å²) >= 11 is 1.67. The number of rotatable bonds is 4. The van der Waals surface area contributed by atoms with E-state index in [0.29, 0.717) is 25.1 Å². The highest BCUT2D eigenvalue weighted by atomic mass is 32.2. The highest BCUT2D eigenvalue weighted by molar-refractivity contribution is 8.01. The van der Waals surface area contributed by atoms with E-state index in [-0.39, 0.29) is 34.2 Å². The van der Waals surface area contributed by atoms with Crippen molar-refractivity contribution in [3.8, 4) is 0 Å². The zero-order valence-corrected chi connectivity index (χ0v) is 15.3. The lowest BCUT2D eigenvalue weighted by molar-refractivity contribution is -0.145. The number of hydrogen-bond donors (Lipinski definition) is 0. The third-order valence-corrected chi connectivity index (χ3v) is 8.38. The molecule has 0 radical (unpaired) electrons. The Labute approximate surface area is 141 Å². The second kappa shape index (κ2) is 5.95. The molecular formula is C15H24N2O4S2. The van der Waals surface area contributed by atoms with Gasteiger partial charge in [-0.2, -0.15) is 0 Å². The largest absolute Gasteiger partial charge is 0.337 e. The van der Waals surface area contributed by atoms with E-state index in [1.807, 2.05) is 13.8 Å². The third-order valence-electron chi connectivity index (χ3n) is 5.13. The smallest absolute Gasteiger partial charge is 0.246 e. The van der Waals surface area contributed by atoms with E-state index in [1.54, 1.807) is 21.6 Å². The summed E-state index contributed by atoms with van der Waals surface area (Å²) in [5.74, 6) is 0.807. The number of hydrogen-bond acceptors (Lipinski definition) is 5.